The molecule has 1 heterocycles. The maximum Gasteiger partial charge on any atom is 0.237 e. The lowest BCUT2D eigenvalue weighted by molar-refractivity contribution is -0.138. The molecule has 3 atom stereocenters. The standard InChI is InChI=1S/C15H24N2O2/c1-4-17-9-8-13(15(17)19)14(18)11-6-5-7-12(10-11)16(2)3/h4,11-13H,1,5-10H2,2-3H3/t11?,12?,13-/m0/s1. The van der Waals surface area contributed by atoms with Crippen molar-refractivity contribution < 1.29 is 9.59 Å². The van der Waals surface area contributed by atoms with Crippen molar-refractivity contribution in [3.05, 3.63) is 12.8 Å². The first-order chi connectivity index (χ1) is 9.04. The van der Waals surface area contributed by atoms with Gasteiger partial charge in [-0.1, -0.05) is 13.0 Å². The quantitative estimate of drug-likeness (QED) is 0.725. The van der Waals surface area contributed by atoms with Crippen molar-refractivity contribution in [2.24, 2.45) is 11.8 Å². The highest BCUT2D eigenvalue weighted by atomic mass is 16.2. The summed E-state index contributed by atoms with van der Waals surface area (Å²) in [5.41, 5.74) is 0. The van der Waals surface area contributed by atoms with Crippen molar-refractivity contribution >= 4 is 11.7 Å². The van der Waals surface area contributed by atoms with Crippen LogP contribution in [0.1, 0.15) is 32.1 Å². The first kappa shape index (κ1) is 14.3. The summed E-state index contributed by atoms with van der Waals surface area (Å²) in [6, 6.07) is 0.481. The number of nitrogens with zero attached hydrogens (tertiary/aromatic N) is 2. The van der Waals surface area contributed by atoms with Gasteiger partial charge >= 0.3 is 0 Å². The zero-order valence-electron chi connectivity index (χ0n) is 12.0. The molecule has 1 aliphatic heterocycles. The maximum atomic E-state index is 12.5. The van der Waals surface area contributed by atoms with Crippen LogP contribution in [0.4, 0.5) is 0 Å². The zero-order valence-corrected chi connectivity index (χ0v) is 12.0. The molecular weight excluding hydrogens is 240 g/mol. The summed E-state index contributed by atoms with van der Waals surface area (Å²) in [6.07, 6.45) is 6.30. The molecule has 1 saturated heterocycles. The van der Waals surface area contributed by atoms with Gasteiger partial charge < -0.3 is 9.80 Å². The van der Waals surface area contributed by atoms with Gasteiger partial charge in [0.05, 0.1) is 5.92 Å². The monoisotopic (exact) mass is 264 g/mol. The average molecular weight is 264 g/mol. The summed E-state index contributed by atoms with van der Waals surface area (Å²) in [6.45, 7) is 4.26. The molecule has 0 N–H and O–H groups in total. The number of rotatable bonds is 4. The van der Waals surface area contributed by atoms with Gasteiger partial charge in [-0.3, -0.25) is 9.59 Å². The van der Waals surface area contributed by atoms with E-state index in [9.17, 15) is 9.59 Å². The van der Waals surface area contributed by atoms with E-state index in [1.807, 2.05) is 0 Å². The number of hydrogen-bond donors (Lipinski definition) is 0. The Morgan fingerprint density at radius 1 is 1.37 bits per heavy atom. The van der Waals surface area contributed by atoms with Gasteiger partial charge in [-0.15, -0.1) is 0 Å². The highest BCUT2D eigenvalue weighted by Gasteiger charge is 2.40. The Balaban J connectivity index is 2.00. The molecule has 2 fully saturated rings. The molecule has 0 bridgehead atoms. The first-order valence-electron chi connectivity index (χ1n) is 7.17. The van der Waals surface area contributed by atoms with Crippen molar-refractivity contribution in [2.45, 2.75) is 38.1 Å². The van der Waals surface area contributed by atoms with Crippen molar-refractivity contribution in [3.63, 3.8) is 0 Å². The fourth-order valence-corrected chi connectivity index (χ4v) is 3.32. The minimum atomic E-state index is -0.413. The Hall–Kier alpha value is -1.16. The van der Waals surface area contributed by atoms with E-state index in [0.29, 0.717) is 19.0 Å². The second-order valence-corrected chi connectivity index (χ2v) is 5.94. The zero-order chi connectivity index (χ0) is 14.0. The van der Waals surface area contributed by atoms with Crippen molar-refractivity contribution in [2.75, 3.05) is 20.6 Å². The molecule has 2 rings (SSSR count). The van der Waals surface area contributed by atoms with Gasteiger partial charge in [0.2, 0.25) is 5.91 Å². The summed E-state index contributed by atoms with van der Waals surface area (Å²) in [7, 11) is 4.13. The van der Waals surface area contributed by atoms with Crippen LogP contribution in [0.15, 0.2) is 12.8 Å². The molecule has 1 saturated carbocycles. The molecule has 0 spiro atoms. The SMILES string of the molecule is C=CN1CC[C@@H](C(=O)C2CCCC(N(C)C)C2)C1=O. The smallest absolute Gasteiger partial charge is 0.237 e. The van der Waals surface area contributed by atoms with Crippen LogP contribution in [-0.2, 0) is 9.59 Å². The van der Waals surface area contributed by atoms with E-state index in [2.05, 4.69) is 25.6 Å². The van der Waals surface area contributed by atoms with Crippen LogP contribution in [-0.4, -0.2) is 48.2 Å². The number of hydrogen-bond acceptors (Lipinski definition) is 3. The Morgan fingerprint density at radius 2 is 2.11 bits per heavy atom. The molecule has 1 amide bonds. The Morgan fingerprint density at radius 3 is 2.68 bits per heavy atom. The van der Waals surface area contributed by atoms with Gasteiger partial charge in [0.1, 0.15) is 5.78 Å². The third kappa shape index (κ3) is 2.89. The predicted octanol–water partition coefficient (Wildman–Crippen LogP) is 1.67. The Kier molecular flexibility index (Phi) is 4.40. The third-order valence-electron chi connectivity index (χ3n) is 4.58. The van der Waals surface area contributed by atoms with E-state index in [0.717, 1.165) is 25.7 Å². The molecule has 1 aliphatic carbocycles. The summed E-state index contributed by atoms with van der Waals surface area (Å²) in [5, 5.41) is 0. The van der Waals surface area contributed by atoms with Crippen LogP contribution in [0.3, 0.4) is 0 Å². The highest BCUT2D eigenvalue weighted by Crippen LogP contribution is 2.32. The number of likely N-dealkylation sites (tertiary alicyclic amines) is 1. The summed E-state index contributed by atoms with van der Waals surface area (Å²) >= 11 is 0. The summed E-state index contributed by atoms with van der Waals surface area (Å²) < 4.78 is 0. The molecule has 4 nitrogen and oxygen atoms in total. The molecule has 0 aromatic heterocycles. The largest absolute Gasteiger partial charge is 0.319 e. The van der Waals surface area contributed by atoms with Crippen LogP contribution < -0.4 is 0 Å². The lowest BCUT2D eigenvalue weighted by atomic mass is 9.78. The molecule has 0 aromatic carbocycles. The molecule has 4 heteroatoms. The van der Waals surface area contributed by atoms with E-state index in [1.54, 1.807) is 11.1 Å². The number of carbonyl (C=O) groups is 2. The third-order valence-corrected chi connectivity index (χ3v) is 4.58. The Bertz CT molecular complexity index is 378. The average Bonchev–Trinajstić information content (AvgIpc) is 2.79. The summed E-state index contributed by atoms with van der Waals surface area (Å²) in [4.78, 5) is 28.4. The number of Topliss-reactive ketones (excluding diaryl/α,β-unsaturated/α-hetero) is 1. The van der Waals surface area contributed by atoms with E-state index < -0.39 is 5.92 Å². The second-order valence-electron chi connectivity index (χ2n) is 5.94. The summed E-state index contributed by atoms with van der Waals surface area (Å²) in [5.74, 6) is -0.225. The number of amides is 1. The molecule has 0 radical (unpaired) electrons. The van der Waals surface area contributed by atoms with Crippen LogP contribution in [0, 0.1) is 11.8 Å². The van der Waals surface area contributed by atoms with E-state index >= 15 is 0 Å². The highest BCUT2D eigenvalue weighted by molar-refractivity contribution is 6.03. The minimum absolute atomic E-state index is 0.0491. The maximum absolute atomic E-state index is 12.5. The molecule has 106 valence electrons. The molecule has 19 heavy (non-hydrogen) atoms. The fraction of sp³-hybridized carbons (Fsp3) is 0.733. The normalized spacial score (nSPS) is 31.8. The minimum Gasteiger partial charge on any atom is -0.319 e. The molecule has 2 aliphatic rings. The van der Waals surface area contributed by atoms with Crippen molar-refractivity contribution in [1.29, 1.82) is 0 Å². The number of carbonyl (C=O) groups excluding carboxylic acids is 2. The molecule has 2 unspecified atom stereocenters. The van der Waals surface area contributed by atoms with Crippen LogP contribution in [0.5, 0.6) is 0 Å². The molecule has 0 aromatic rings. The number of ketones is 1. The van der Waals surface area contributed by atoms with E-state index in [-0.39, 0.29) is 17.6 Å². The van der Waals surface area contributed by atoms with E-state index in [4.69, 9.17) is 0 Å². The van der Waals surface area contributed by atoms with Gasteiger partial charge in [0.25, 0.3) is 0 Å². The molecular formula is C15H24N2O2. The van der Waals surface area contributed by atoms with Gasteiger partial charge in [-0.2, -0.15) is 0 Å². The van der Waals surface area contributed by atoms with Crippen molar-refractivity contribution in [1.82, 2.24) is 9.80 Å². The van der Waals surface area contributed by atoms with Gasteiger partial charge in [0, 0.05) is 18.5 Å². The van der Waals surface area contributed by atoms with Crippen molar-refractivity contribution in [3.8, 4) is 0 Å². The van der Waals surface area contributed by atoms with Gasteiger partial charge in [-0.05, 0) is 46.0 Å². The van der Waals surface area contributed by atoms with Crippen LogP contribution >= 0.6 is 0 Å². The second kappa shape index (κ2) is 5.87. The first-order valence-corrected chi connectivity index (χ1v) is 7.17. The Labute approximate surface area is 115 Å². The lowest BCUT2D eigenvalue weighted by Gasteiger charge is -2.33. The van der Waals surface area contributed by atoms with Gasteiger partial charge in [0.15, 0.2) is 0 Å². The van der Waals surface area contributed by atoms with Crippen LogP contribution in [0.2, 0.25) is 0 Å². The predicted molar refractivity (Wildman–Crippen MR) is 74.5 cm³/mol. The van der Waals surface area contributed by atoms with Crippen LogP contribution in [0.25, 0.3) is 0 Å². The lowest BCUT2D eigenvalue weighted by Crippen LogP contribution is -2.38. The topological polar surface area (TPSA) is 40.6 Å². The van der Waals surface area contributed by atoms with E-state index in [1.165, 1.54) is 0 Å². The fourth-order valence-electron chi connectivity index (χ4n) is 3.32. The van der Waals surface area contributed by atoms with Gasteiger partial charge in [-0.25, -0.2) is 0 Å².